The van der Waals surface area contributed by atoms with Crippen LogP contribution in [0, 0.1) is 5.82 Å². The summed E-state index contributed by atoms with van der Waals surface area (Å²) in [6.07, 6.45) is 1.53. The molecule has 2 aromatic rings. The van der Waals surface area contributed by atoms with Crippen LogP contribution in [-0.2, 0) is 6.54 Å². The molecule has 0 saturated carbocycles. The van der Waals surface area contributed by atoms with Crippen molar-refractivity contribution in [2.75, 3.05) is 0 Å². The van der Waals surface area contributed by atoms with Gasteiger partial charge in [0, 0.05) is 17.1 Å². The van der Waals surface area contributed by atoms with Crippen molar-refractivity contribution in [1.82, 2.24) is 10.3 Å². The van der Waals surface area contributed by atoms with Crippen molar-refractivity contribution < 1.29 is 8.81 Å². The van der Waals surface area contributed by atoms with E-state index < -0.39 is 5.82 Å². The van der Waals surface area contributed by atoms with Crippen molar-refractivity contribution in [1.29, 1.82) is 0 Å². The predicted molar refractivity (Wildman–Crippen MR) is 73.5 cm³/mol. The Balaban J connectivity index is 2.16. The molecule has 0 unspecified atom stereocenters. The van der Waals surface area contributed by atoms with Crippen LogP contribution in [0.4, 0.5) is 4.39 Å². The molecule has 19 heavy (non-hydrogen) atoms. The van der Waals surface area contributed by atoms with E-state index in [1.165, 1.54) is 12.3 Å². The molecule has 0 bridgehead atoms. The average Bonchev–Trinajstić information content (AvgIpc) is 2.74. The number of halogens is 2. The highest BCUT2D eigenvalue weighted by Gasteiger charge is 2.14. The minimum atomic E-state index is -0.440. The lowest BCUT2D eigenvalue weighted by Gasteiger charge is -2.19. The smallest absolute Gasteiger partial charge is 0.229 e. The summed E-state index contributed by atoms with van der Waals surface area (Å²) in [7, 11) is 0. The van der Waals surface area contributed by atoms with Gasteiger partial charge in [-0.2, -0.15) is 0 Å². The van der Waals surface area contributed by atoms with Crippen molar-refractivity contribution in [3.05, 3.63) is 41.0 Å². The number of hydrogen-bond donors (Lipinski definition) is 1. The van der Waals surface area contributed by atoms with E-state index in [9.17, 15) is 4.39 Å². The van der Waals surface area contributed by atoms with E-state index in [0.717, 1.165) is 5.69 Å². The Morgan fingerprint density at radius 2 is 2.11 bits per heavy atom. The van der Waals surface area contributed by atoms with Gasteiger partial charge < -0.3 is 9.73 Å². The van der Waals surface area contributed by atoms with Crippen LogP contribution < -0.4 is 5.32 Å². The van der Waals surface area contributed by atoms with E-state index in [2.05, 4.69) is 31.1 Å². The Morgan fingerprint density at radius 3 is 2.74 bits per heavy atom. The second-order valence-corrected chi connectivity index (χ2v) is 5.81. The van der Waals surface area contributed by atoms with Gasteiger partial charge in [0.05, 0.1) is 11.3 Å². The summed E-state index contributed by atoms with van der Waals surface area (Å²) >= 11 is 5.71. The molecule has 0 saturated heterocycles. The third kappa shape index (κ3) is 3.78. The van der Waals surface area contributed by atoms with Gasteiger partial charge in [0.15, 0.2) is 0 Å². The van der Waals surface area contributed by atoms with Crippen LogP contribution in [-0.4, -0.2) is 10.5 Å². The normalized spacial score (nSPS) is 11.8. The Kier molecular flexibility index (Phi) is 3.92. The van der Waals surface area contributed by atoms with Crippen molar-refractivity contribution in [3.8, 4) is 11.5 Å². The highest BCUT2D eigenvalue weighted by atomic mass is 35.5. The molecular weight excluding hydrogens is 267 g/mol. The number of benzene rings is 1. The zero-order valence-corrected chi connectivity index (χ0v) is 11.9. The second-order valence-electron chi connectivity index (χ2n) is 5.37. The quantitative estimate of drug-likeness (QED) is 0.924. The molecule has 0 radical (unpaired) electrons. The van der Waals surface area contributed by atoms with Gasteiger partial charge in [0.2, 0.25) is 5.89 Å². The highest BCUT2D eigenvalue weighted by molar-refractivity contribution is 6.30. The van der Waals surface area contributed by atoms with Gasteiger partial charge in [0.1, 0.15) is 12.1 Å². The minimum absolute atomic E-state index is 0.00929. The average molecular weight is 283 g/mol. The Hall–Kier alpha value is -1.39. The molecule has 1 N–H and O–H groups in total. The molecule has 2 rings (SSSR count). The summed E-state index contributed by atoms with van der Waals surface area (Å²) in [5.41, 5.74) is 1.04. The van der Waals surface area contributed by atoms with Gasteiger partial charge in [-0.15, -0.1) is 0 Å². The molecule has 0 fully saturated rings. The molecule has 3 nitrogen and oxygen atoms in total. The van der Waals surface area contributed by atoms with E-state index in [1.54, 1.807) is 12.1 Å². The van der Waals surface area contributed by atoms with Crippen LogP contribution in [0.15, 0.2) is 28.9 Å². The fraction of sp³-hybridized carbons (Fsp3) is 0.357. The highest BCUT2D eigenvalue weighted by Crippen LogP contribution is 2.24. The number of nitrogens with one attached hydrogen (secondary N) is 1. The van der Waals surface area contributed by atoms with Gasteiger partial charge >= 0.3 is 0 Å². The third-order valence-electron chi connectivity index (χ3n) is 2.51. The Bertz CT molecular complexity index is 575. The summed E-state index contributed by atoms with van der Waals surface area (Å²) in [4.78, 5) is 4.26. The summed E-state index contributed by atoms with van der Waals surface area (Å²) < 4.78 is 19.0. The molecule has 5 heteroatoms. The van der Waals surface area contributed by atoms with E-state index >= 15 is 0 Å². The number of hydrogen-bond acceptors (Lipinski definition) is 3. The number of oxazole rings is 1. The molecule has 102 valence electrons. The topological polar surface area (TPSA) is 38.1 Å². The lowest BCUT2D eigenvalue weighted by molar-refractivity contribution is 0.421. The lowest BCUT2D eigenvalue weighted by atomic mass is 10.1. The fourth-order valence-electron chi connectivity index (χ4n) is 1.53. The summed E-state index contributed by atoms with van der Waals surface area (Å²) in [6.45, 7) is 6.76. The van der Waals surface area contributed by atoms with Crippen LogP contribution in [0.2, 0.25) is 5.02 Å². The zero-order valence-electron chi connectivity index (χ0n) is 11.1. The Morgan fingerprint density at radius 1 is 1.37 bits per heavy atom. The molecular formula is C14H16ClFN2O. The number of aromatic nitrogens is 1. The molecule has 0 spiro atoms. The first-order valence-corrected chi connectivity index (χ1v) is 6.38. The predicted octanol–water partition coefficient (Wildman–Crippen LogP) is 4.02. The van der Waals surface area contributed by atoms with Gasteiger partial charge in [-0.1, -0.05) is 11.6 Å². The van der Waals surface area contributed by atoms with Gasteiger partial charge in [-0.25, -0.2) is 9.37 Å². The monoisotopic (exact) mass is 282 g/mol. The third-order valence-corrected chi connectivity index (χ3v) is 2.75. The molecule has 0 atom stereocenters. The van der Waals surface area contributed by atoms with Crippen molar-refractivity contribution in [2.45, 2.75) is 32.9 Å². The first-order valence-electron chi connectivity index (χ1n) is 6.00. The fourth-order valence-corrected chi connectivity index (χ4v) is 1.69. The van der Waals surface area contributed by atoms with Gasteiger partial charge in [0.25, 0.3) is 0 Å². The van der Waals surface area contributed by atoms with Gasteiger partial charge in [-0.3, -0.25) is 0 Å². The molecule has 0 amide bonds. The molecule has 0 aliphatic heterocycles. The molecule has 1 heterocycles. The minimum Gasteiger partial charge on any atom is -0.444 e. The largest absolute Gasteiger partial charge is 0.444 e. The molecule has 0 aliphatic rings. The zero-order chi connectivity index (χ0) is 14.0. The molecule has 1 aromatic heterocycles. The molecule has 0 aliphatic carbocycles. The van der Waals surface area contributed by atoms with Crippen LogP contribution in [0.1, 0.15) is 26.5 Å². The van der Waals surface area contributed by atoms with Crippen LogP contribution in [0.25, 0.3) is 11.5 Å². The van der Waals surface area contributed by atoms with E-state index in [-0.39, 0.29) is 11.4 Å². The lowest BCUT2D eigenvalue weighted by Crippen LogP contribution is -2.35. The maximum Gasteiger partial charge on any atom is 0.229 e. The first-order chi connectivity index (χ1) is 8.85. The number of rotatable bonds is 3. The SMILES string of the molecule is CC(C)(C)NCc1coc(-c2ccc(Cl)cc2F)n1. The summed E-state index contributed by atoms with van der Waals surface area (Å²) in [5.74, 6) is -0.176. The van der Waals surface area contributed by atoms with E-state index in [0.29, 0.717) is 17.1 Å². The number of nitrogens with zero attached hydrogens (tertiary/aromatic N) is 1. The van der Waals surface area contributed by atoms with Crippen LogP contribution in [0.3, 0.4) is 0 Å². The van der Waals surface area contributed by atoms with Crippen LogP contribution in [0.5, 0.6) is 0 Å². The van der Waals surface area contributed by atoms with Crippen molar-refractivity contribution >= 4 is 11.6 Å². The first kappa shape index (κ1) is 14.0. The van der Waals surface area contributed by atoms with Gasteiger partial charge in [-0.05, 0) is 39.0 Å². The van der Waals surface area contributed by atoms with Crippen LogP contribution >= 0.6 is 11.6 Å². The van der Waals surface area contributed by atoms with Crippen molar-refractivity contribution in [3.63, 3.8) is 0 Å². The maximum absolute atomic E-state index is 13.7. The summed E-state index contributed by atoms with van der Waals surface area (Å²) in [6, 6.07) is 4.41. The maximum atomic E-state index is 13.7. The van der Waals surface area contributed by atoms with E-state index in [1.807, 2.05) is 0 Å². The van der Waals surface area contributed by atoms with E-state index in [4.69, 9.17) is 16.0 Å². The Labute approximate surface area is 116 Å². The molecule has 1 aromatic carbocycles. The standard InChI is InChI=1S/C14H16ClFN2O/c1-14(2,3)17-7-10-8-19-13(18-10)11-5-4-9(15)6-12(11)16/h4-6,8,17H,7H2,1-3H3. The summed E-state index contributed by atoms with van der Waals surface area (Å²) in [5, 5.41) is 3.64. The van der Waals surface area contributed by atoms with Crippen molar-refractivity contribution in [2.24, 2.45) is 0 Å². The second kappa shape index (κ2) is 5.31.